The first-order valence-electron chi connectivity index (χ1n) is 6.30. The summed E-state index contributed by atoms with van der Waals surface area (Å²) >= 11 is 0. The first kappa shape index (κ1) is 13.5. The van der Waals surface area contributed by atoms with Crippen molar-refractivity contribution < 1.29 is 4.39 Å². The Morgan fingerprint density at radius 2 is 2.11 bits per heavy atom. The van der Waals surface area contributed by atoms with Gasteiger partial charge in [0.25, 0.3) is 0 Å². The largest absolute Gasteiger partial charge is 0.398 e. The third-order valence-electron chi connectivity index (χ3n) is 3.16. The molecule has 1 aromatic heterocycles. The van der Waals surface area contributed by atoms with Crippen molar-refractivity contribution in [2.75, 3.05) is 5.73 Å². The predicted molar refractivity (Wildman–Crippen MR) is 71.9 cm³/mol. The van der Waals surface area contributed by atoms with Crippen molar-refractivity contribution in [1.82, 2.24) is 20.2 Å². The molecular weight excluding hydrogens is 245 g/mol. The van der Waals surface area contributed by atoms with E-state index in [4.69, 9.17) is 5.73 Å². The fraction of sp³-hybridized carbons (Fsp3) is 0.462. The van der Waals surface area contributed by atoms with Crippen LogP contribution in [0.3, 0.4) is 0 Å². The van der Waals surface area contributed by atoms with E-state index in [2.05, 4.69) is 22.4 Å². The topological polar surface area (TPSA) is 69.6 Å². The van der Waals surface area contributed by atoms with E-state index >= 15 is 0 Å². The number of nitrogens with zero attached hydrogens (tertiary/aromatic N) is 4. The van der Waals surface area contributed by atoms with Crippen LogP contribution in [-0.2, 0) is 5.54 Å². The molecule has 0 unspecified atom stereocenters. The molecular formula is C13H18FN5. The lowest BCUT2D eigenvalue weighted by Gasteiger charge is -2.25. The van der Waals surface area contributed by atoms with Crippen molar-refractivity contribution in [1.29, 1.82) is 0 Å². The molecule has 0 aliphatic heterocycles. The van der Waals surface area contributed by atoms with Gasteiger partial charge in [-0.25, -0.2) is 9.07 Å². The molecule has 0 atom stereocenters. The minimum atomic E-state index is -0.355. The van der Waals surface area contributed by atoms with Crippen molar-refractivity contribution in [3.8, 4) is 11.4 Å². The molecule has 2 aromatic rings. The maximum atomic E-state index is 13.4. The summed E-state index contributed by atoms with van der Waals surface area (Å²) in [6.45, 7) is 6.19. The number of halogens is 1. The molecule has 0 saturated carbocycles. The van der Waals surface area contributed by atoms with Gasteiger partial charge in [-0.15, -0.1) is 5.10 Å². The number of tetrazole rings is 1. The van der Waals surface area contributed by atoms with Crippen molar-refractivity contribution in [3.05, 3.63) is 24.0 Å². The highest BCUT2D eigenvalue weighted by Crippen LogP contribution is 2.29. The van der Waals surface area contributed by atoms with E-state index in [-0.39, 0.29) is 11.4 Å². The van der Waals surface area contributed by atoms with Gasteiger partial charge in [0.2, 0.25) is 0 Å². The highest BCUT2D eigenvalue weighted by Gasteiger charge is 2.26. The van der Waals surface area contributed by atoms with E-state index in [1.807, 2.05) is 13.8 Å². The minimum Gasteiger partial charge on any atom is -0.398 e. The third kappa shape index (κ3) is 2.57. The molecule has 0 spiro atoms. The molecule has 0 aliphatic rings. The van der Waals surface area contributed by atoms with Crippen LogP contribution in [0, 0.1) is 5.82 Å². The summed E-state index contributed by atoms with van der Waals surface area (Å²) in [5.41, 5.74) is 6.63. The fourth-order valence-corrected chi connectivity index (χ4v) is 2.20. The molecule has 2 rings (SSSR count). The third-order valence-corrected chi connectivity index (χ3v) is 3.16. The van der Waals surface area contributed by atoms with Crippen LogP contribution < -0.4 is 5.73 Å². The lowest BCUT2D eigenvalue weighted by atomic mass is 9.98. The quantitative estimate of drug-likeness (QED) is 0.861. The van der Waals surface area contributed by atoms with Gasteiger partial charge >= 0.3 is 0 Å². The van der Waals surface area contributed by atoms with Crippen LogP contribution in [0.25, 0.3) is 11.4 Å². The summed E-state index contributed by atoms with van der Waals surface area (Å²) in [5, 5.41) is 11.7. The molecule has 0 aliphatic carbocycles. The second kappa shape index (κ2) is 4.95. The van der Waals surface area contributed by atoms with E-state index < -0.39 is 0 Å². The SMILES string of the molecule is CCCC(C)(C)n1nnnc1-c1cc(F)ccc1N. The first-order valence-corrected chi connectivity index (χ1v) is 6.30. The van der Waals surface area contributed by atoms with Gasteiger partial charge in [-0.1, -0.05) is 13.3 Å². The number of nitrogens with two attached hydrogens (primary N) is 1. The van der Waals surface area contributed by atoms with Crippen molar-refractivity contribution in [2.24, 2.45) is 0 Å². The van der Waals surface area contributed by atoms with Gasteiger partial charge in [-0.2, -0.15) is 0 Å². The molecule has 0 saturated heterocycles. The normalized spacial score (nSPS) is 11.8. The number of hydrogen-bond acceptors (Lipinski definition) is 4. The van der Waals surface area contributed by atoms with Crippen LogP contribution in [0.2, 0.25) is 0 Å². The predicted octanol–water partition coefficient (Wildman–Crippen LogP) is 2.60. The van der Waals surface area contributed by atoms with E-state index in [1.54, 1.807) is 4.68 Å². The number of anilines is 1. The van der Waals surface area contributed by atoms with E-state index in [0.717, 1.165) is 12.8 Å². The van der Waals surface area contributed by atoms with E-state index in [9.17, 15) is 4.39 Å². The molecule has 2 N–H and O–H groups in total. The van der Waals surface area contributed by atoms with Crippen molar-refractivity contribution in [3.63, 3.8) is 0 Å². The first-order chi connectivity index (χ1) is 8.95. The Labute approximate surface area is 111 Å². The van der Waals surface area contributed by atoms with Gasteiger partial charge < -0.3 is 5.73 Å². The molecule has 0 fully saturated rings. The second-order valence-electron chi connectivity index (χ2n) is 5.21. The molecule has 1 aromatic carbocycles. The monoisotopic (exact) mass is 263 g/mol. The lowest BCUT2D eigenvalue weighted by molar-refractivity contribution is 0.290. The van der Waals surface area contributed by atoms with Gasteiger partial charge in [0, 0.05) is 11.3 Å². The number of hydrogen-bond donors (Lipinski definition) is 1. The van der Waals surface area contributed by atoms with Crippen LogP contribution in [-0.4, -0.2) is 20.2 Å². The van der Waals surface area contributed by atoms with Crippen LogP contribution in [0.4, 0.5) is 10.1 Å². The average Bonchev–Trinajstić information content (AvgIpc) is 2.82. The Balaban J connectivity index is 2.53. The maximum absolute atomic E-state index is 13.4. The van der Waals surface area contributed by atoms with Crippen LogP contribution in [0.1, 0.15) is 33.6 Å². The standard InChI is InChI=1S/C13H18FN5/c1-4-7-13(2,3)19-12(16-17-18-19)10-8-9(14)5-6-11(10)15/h5-6,8H,4,7,15H2,1-3H3. The smallest absolute Gasteiger partial charge is 0.184 e. The molecule has 6 heteroatoms. The number of nitrogen functional groups attached to an aromatic ring is 1. The zero-order valence-corrected chi connectivity index (χ0v) is 11.4. The Hall–Kier alpha value is -1.98. The molecule has 0 bridgehead atoms. The van der Waals surface area contributed by atoms with Gasteiger partial charge in [0.15, 0.2) is 5.82 Å². The molecule has 1 heterocycles. The Bertz CT molecular complexity index is 576. The maximum Gasteiger partial charge on any atom is 0.184 e. The summed E-state index contributed by atoms with van der Waals surface area (Å²) in [7, 11) is 0. The number of aromatic nitrogens is 4. The zero-order chi connectivity index (χ0) is 14.0. The van der Waals surface area contributed by atoms with Gasteiger partial charge in [0.05, 0.1) is 5.54 Å². The zero-order valence-electron chi connectivity index (χ0n) is 11.4. The van der Waals surface area contributed by atoms with Crippen LogP contribution in [0.15, 0.2) is 18.2 Å². The van der Waals surface area contributed by atoms with Crippen LogP contribution >= 0.6 is 0 Å². The van der Waals surface area contributed by atoms with Gasteiger partial charge in [-0.3, -0.25) is 0 Å². The summed E-state index contributed by atoms with van der Waals surface area (Å²) in [6, 6.07) is 4.21. The van der Waals surface area contributed by atoms with Crippen molar-refractivity contribution in [2.45, 2.75) is 39.2 Å². The molecule has 0 radical (unpaired) electrons. The summed E-state index contributed by atoms with van der Waals surface area (Å²) in [4.78, 5) is 0. The Morgan fingerprint density at radius 3 is 2.79 bits per heavy atom. The second-order valence-corrected chi connectivity index (χ2v) is 5.21. The average molecular weight is 263 g/mol. The molecule has 102 valence electrons. The molecule has 19 heavy (non-hydrogen) atoms. The highest BCUT2D eigenvalue weighted by molar-refractivity contribution is 5.71. The Morgan fingerprint density at radius 1 is 1.37 bits per heavy atom. The highest BCUT2D eigenvalue weighted by atomic mass is 19.1. The fourth-order valence-electron chi connectivity index (χ4n) is 2.20. The number of rotatable bonds is 4. The molecule has 0 amide bonds. The van der Waals surface area contributed by atoms with Crippen LogP contribution in [0.5, 0.6) is 0 Å². The van der Waals surface area contributed by atoms with E-state index in [1.165, 1.54) is 18.2 Å². The summed E-state index contributed by atoms with van der Waals surface area (Å²) in [5.74, 6) is 0.141. The Kier molecular flexibility index (Phi) is 3.50. The van der Waals surface area contributed by atoms with Gasteiger partial charge in [-0.05, 0) is 48.9 Å². The lowest BCUT2D eigenvalue weighted by Crippen LogP contribution is -2.28. The van der Waals surface area contributed by atoms with E-state index in [0.29, 0.717) is 17.1 Å². The minimum absolute atomic E-state index is 0.244. The molecule has 5 nitrogen and oxygen atoms in total. The van der Waals surface area contributed by atoms with Gasteiger partial charge in [0.1, 0.15) is 5.82 Å². The summed E-state index contributed by atoms with van der Waals surface area (Å²) < 4.78 is 15.1. The van der Waals surface area contributed by atoms with Crippen molar-refractivity contribution >= 4 is 5.69 Å². The summed E-state index contributed by atoms with van der Waals surface area (Å²) in [6.07, 6.45) is 1.92. The number of benzene rings is 1.